The topological polar surface area (TPSA) is 65.5 Å². The van der Waals surface area contributed by atoms with Crippen molar-refractivity contribution in [2.45, 2.75) is 12.8 Å². The number of fused-ring (bicyclic) bond motifs is 1. The van der Waals surface area contributed by atoms with E-state index in [0.717, 1.165) is 28.3 Å². The molecule has 0 N–H and O–H groups in total. The molecule has 3 aromatic rings. The SMILES string of the molecule is O=C(Cc1csc(-c2ccsc2)n1)OCC(=O)c1ccc2c(c1)CCO2. The van der Waals surface area contributed by atoms with Gasteiger partial charge in [0.25, 0.3) is 0 Å². The maximum Gasteiger partial charge on any atom is 0.312 e. The second kappa shape index (κ2) is 7.39. The first-order valence-electron chi connectivity index (χ1n) is 8.10. The number of esters is 1. The Morgan fingerprint density at radius 1 is 1.23 bits per heavy atom. The van der Waals surface area contributed by atoms with Crippen molar-refractivity contribution in [1.29, 1.82) is 0 Å². The number of ether oxygens (including phenoxy) is 2. The van der Waals surface area contributed by atoms with Crippen LogP contribution in [0.15, 0.2) is 40.4 Å². The highest BCUT2D eigenvalue weighted by Gasteiger charge is 2.17. The molecule has 0 saturated carbocycles. The summed E-state index contributed by atoms with van der Waals surface area (Å²) in [7, 11) is 0. The first-order chi connectivity index (χ1) is 12.7. The number of thiophene rings is 1. The van der Waals surface area contributed by atoms with E-state index in [-0.39, 0.29) is 18.8 Å². The Hall–Kier alpha value is -2.51. The minimum absolute atomic E-state index is 0.0615. The summed E-state index contributed by atoms with van der Waals surface area (Å²) in [4.78, 5) is 28.7. The van der Waals surface area contributed by atoms with Crippen LogP contribution in [0.2, 0.25) is 0 Å². The van der Waals surface area contributed by atoms with Crippen molar-refractivity contribution in [2.75, 3.05) is 13.2 Å². The molecule has 26 heavy (non-hydrogen) atoms. The molecule has 0 amide bonds. The van der Waals surface area contributed by atoms with Gasteiger partial charge in [-0.05, 0) is 35.2 Å². The minimum atomic E-state index is -0.454. The number of ketones is 1. The Kier molecular flexibility index (Phi) is 4.81. The monoisotopic (exact) mass is 385 g/mol. The van der Waals surface area contributed by atoms with Crippen LogP contribution in [0.1, 0.15) is 21.6 Å². The number of aromatic nitrogens is 1. The molecule has 0 fully saturated rings. The average molecular weight is 385 g/mol. The quantitative estimate of drug-likeness (QED) is 0.477. The predicted octanol–water partition coefficient (Wildman–Crippen LogP) is 3.78. The molecular weight excluding hydrogens is 370 g/mol. The van der Waals surface area contributed by atoms with E-state index in [9.17, 15) is 9.59 Å². The Morgan fingerprint density at radius 2 is 2.15 bits per heavy atom. The van der Waals surface area contributed by atoms with Crippen LogP contribution in [-0.4, -0.2) is 30.0 Å². The van der Waals surface area contributed by atoms with Crippen molar-refractivity contribution in [3.8, 4) is 16.3 Å². The van der Waals surface area contributed by atoms with Gasteiger partial charge in [0.05, 0.1) is 18.7 Å². The lowest BCUT2D eigenvalue weighted by molar-refractivity contribution is -0.141. The molecule has 0 bridgehead atoms. The first-order valence-corrected chi connectivity index (χ1v) is 9.93. The van der Waals surface area contributed by atoms with E-state index in [4.69, 9.17) is 9.47 Å². The zero-order chi connectivity index (χ0) is 17.9. The van der Waals surface area contributed by atoms with Gasteiger partial charge in [0.1, 0.15) is 10.8 Å². The van der Waals surface area contributed by atoms with E-state index in [0.29, 0.717) is 17.9 Å². The number of thiazole rings is 1. The number of rotatable bonds is 6. The highest BCUT2D eigenvalue weighted by atomic mass is 32.1. The van der Waals surface area contributed by atoms with Gasteiger partial charge in [-0.25, -0.2) is 4.98 Å². The highest BCUT2D eigenvalue weighted by molar-refractivity contribution is 7.14. The van der Waals surface area contributed by atoms with Gasteiger partial charge in [0.2, 0.25) is 0 Å². The summed E-state index contributed by atoms with van der Waals surface area (Å²) in [6.07, 6.45) is 0.860. The standard InChI is InChI=1S/C19H15NO4S2/c21-16(12-1-2-17-13(7-12)3-5-23-17)9-24-18(22)8-15-11-26-19(20-15)14-4-6-25-10-14/h1-2,4,6-7,10-11H,3,5,8-9H2. The molecule has 7 heteroatoms. The lowest BCUT2D eigenvalue weighted by Crippen LogP contribution is -2.16. The fourth-order valence-electron chi connectivity index (χ4n) is 2.70. The fourth-order valence-corrected chi connectivity index (χ4v) is 4.23. The van der Waals surface area contributed by atoms with E-state index in [2.05, 4.69) is 4.98 Å². The van der Waals surface area contributed by atoms with Gasteiger partial charge in [-0.1, -0.05) is 0 Å². The molecule has 132 valence electrons. The largest absolute Gasteiger partial charge is 0.493 e. The van der Waals surface area contributed by atoms with Crippen LogP contribution in [0, 0.1) is 0 Å². The summed E-state index contributed by atoms with van der Waals surface area (Å²) >= 11 is 3.09. The van der Waals surface area contributed by atoms with Crippen LogP contribution < -0.4 is 4.74 Å². The smallest absolute Gasteiger partial charge is 0.312 e. The molecule has 0 aliphatic carbocycles. The van der Waals surface area contributed by atoms with E-state index in [1.54, 1.807) is 23.5 Å². The van der Waals surface area contributed by atoms with E-state index in [1.165, 1.54) is 11.3 Å². The van der Waals surface area contributed by atoms with E-state index >= 15 is 0 Å². The van der Waals surface area contributed by atoms with Crippen molar-refractivity contribution in [2.24, 2.45) is 0 Å². The number of nitrogens with zero attached hydrogens (tertiary/aromatic N) is 1. The lowest BCUT2D eigenvalue weighted by atomic mass is 10.1. The molecule has 0 atom stereocenters. The van der Waals surface area contributed by atoms with Gasteiger partial charge in [-0.15, -0.1) is 11.3 Å². The lowest BCUT2D eigenvalue weighted by Gasteiger charge is -2.05. The van der Waals surface area contributed by atoms with Crippen LogP contribution in [0.4, 0.5) is 0 Å². The normalized spacial score (nSPS) is 12.5. The van der Waals surface area contributed by atoms with Gasteiger partial charge >= 0.3 is 5.97 Å². The second-order valence-electron chi connectivity index (χ2n) is 5.84. The maximum absolute atomic E-state index is 12.2. The summed E-state index contributed by atoms with van der Waals surface area (Å²) in [5.74, 6) is 0.152. The summed E-state index contributed by atoms with van der Waals surface area (Å²) in [6.45, 7) is 0.378. The summed E-state index contributed by atoms with van der Waals surface area (Å²) in [6, 6.07) is 7.30. The fraction of sp³-hybridized carbons (Fsp3) is 0.211. The molecule has 3 heterocycles. The summed E-state index contributed by atoms with van der Waals surface area (Å²) < 4.78 is 10.6. The van der Waals surface area contributed by atoms with Crippen LogP contribution >= 0.6 is 22.7 Å². The zero-order valence-corrected chi connectivity index (χ0v) is 15.4. The molecule has 4 rings (SSSR count). The van der Waals surface area contributed by atoms with Crippen molar-refractivity contribution in [3.05, 3.63) is 57.2 Å². The van der Waals surface area contributed by atoms with Crippen molar-refractivity contribution in [1.82, 2.24) is 4.98 Å². The van der Waals surface area contributed by atoms with E-state index in [1.807, 2.05) is 28.3 Å². The molecule has 1 aromatic carbocycles. The molecule has 0 saturated heterocycles. The molecule has 0 radical (unpaired) electrons. The van der Waals surface area contributed by atoms with E-state index < -0.39 is 5.97 Å². The van der Waals surface area contributed by atoms with Gasteiger partial charge in [0.15, 0.2) is 12.4 Å². The molecule has 0 unspecified atom stereocenters. The predicted molar refractivity (Wildman–Crippen MR) is 100 cm³/mol. The third-order valence-electron chi connectivity index (χ3n) is 4.02. The van der Waals surface area contributed by atoms with Gasteiger partial charge in [-0.2, -0.15) is 11.3 Å². The number of Topliss-reactive ketones (excluding diaryl/α,β-unsaturated/α-hetero) is 1. The Balaban J connectivity index is 1.32. The second-order valence-corrected chi connectivity index (χ2v) is 7.48. The maximum atomic E-state index is 12.2. The number of benzene rings is 1. The molecule has 1 aliphatic heterocycles. The summed E-state index contributed by atoms with van der Waals surface area (Å²) in [5, 5.41) is 6.73. The van der Waals surface area contributed by atoms with Gasteiger partial charge in [-0.3, -0.25) is 9.59 Å². The number of carbonyl (C=O) groups excluding carboxylic acids is 2. The van der Waals surface area contributed by atoms with Crippen LogP contribution in [0.5, 0.6) is 5.75 Å². The average Bonchev–Trinajstić information content (AvgIpc) is 3.38. The third-order valence-corrected chi connectivity index (χ3v) is 5.64. The minimum Gasteiger partial charge on any atom is -0.493 e. The Bertz CT molecular complexity index is 946. The molecule has 5 nitrogen and oxygen atoms in total. The Morgan fingerprint density at radius 3 is 3.00 bits per heavy atom. The van der Waals surface area contributed by atoms with Gasteiger partial charge in [0, 0.05) is 28.3 Å². The highest BCUT2D eigenvalue weighted by Crippen LogP contribution is 2.27. The third kappa shape index (κ3) is 3.68. The summed E-state index contributed by atoms with van der Waals surface area (Å²) in [5.41, 5.74) is 3.26. The van der Waals surface area contributed by atoms with Gasteiger partial charge < -0.3 is 9.47 Å². The van der Waals surface area contributed by atoms with Crippen molar-refractivity contribution in [3.63, 3.8) is 0 Å². The van der Waals surface area contributed by atoms with Crippen molar-refractivity contribution >= 4 is 34.4 Å². The van der Waals surface area contributed by atoms with Crippen LogP contribution in [0.3, 0.4) is 0 Å². The van der Waals surface area contributed by atoms with Crippen molar-refractivity contribution < 1.29 is 19.1 Å². The van der Waals surface area contributed by atoms with Crippen LogP contribution in [-0.2, 0) is 22.4 Å². The first kappa shape index (κ1) is 16.9. The number of hydrogen-bond acceptors (Lipinski definition) is 7. The molecular formula is C19H15NO4S2. The number of hydrogen-bond donors (Lipinski definition) is 0. The molecule has 1 aliphatic rings. The zero-order valence-electron chi connectivity index (χ0n) is 13.8. The van der Waals surface area contributed by atoms with Crippen LogP contribution in [0.25, 0.3) is 10.6 Å². The Labute approximate surface area is 158 Å². The molecule has 0 spiro atoms. The molecule has 2 aromatic heterocycles. The number of carbonyl (C=O) groups is 2.